The zero-order chi connectivity index (χ0) is 27.9. The number of hydrogen-bond acceptors (Lipinski definition) is 4. The van der Waals surface area contributed by atoms with Gasteiger partial charge in [0, 0.05) is 55.5 Å². The maximum absolute atomic E-state index is 5.83. The molecule has 1 aromatic heterocycles. The zero-order valence-electron chi connectivity index (χ0n) is 24.9. The number of hydrogen-bond donors (Lipinski definition) is 1. The lowest BCUT2D eigenvalue weighted by Gasteiger charge is -2.36. The molecule has 40 heavy (non-hydrogen) atoms. The summed E-state index contributed by atoms with van der Waals surface area (Å²) in [6, 6.07) is 8.69. The minimum absolute atomic E-state index is 0. The molecule has 210 valence electrons. The van der Waals surface area contributed by atoms with Crippen molar-refractivity contribution in [1.29, 1.82) is 0 Å². The van der Waals surface area contributed by atoms with Crippen LogP contribution in [0.15, 0.2) is 57.9 Å². The number of allylic oxidation sites excluding steroid dienone is 4. The van der Waals surface area contributed by atoms with Crippen molar-refractivity contribution < 1.29 is 6.16 Å². The molecule has 3 aliphatic heterocycles. The first-order valence-electron chi connectivity index (χ1n) is 15.2. The fraction of sp³-hybridized carbons (Fsp3) is 0.500. The second-order valence-electron chi connectivity index (χ2n) is 13.1. The summed E-state index contributed by atoms with van der Waals surface area (Å²) in [6.45, 7) is 12.2. The maximum atomic E-state index is 5.83. The average Bonchev–Trinajstić information content (AvgIpc) is 3.60. The highest BCUT2D eigenvalue weighted by atomic mass is 16.5. The summed E-state index contributed by atoms with van der Waals surface area (Å²) in [5.74, 6) is 8.16. The van der Waals surface area contributed by atoms with Gasteiger partial charge in [0.05, 0.1) is 18.0 Å². The van der Waals surface area contributed by atoms with E-state index in [9.17, 15) is 0 Å². The molecule has 4 heteroatoms. The largest absolute Gasteiger partial charge is 0.492 e. The molecular formula is C36H45N3O. The number of benzene rings is 1. The number of rotatable bonds is 1. The molecule has 2 aromatic rings. The predicted molar refractivity (Wildman–Crippen MR) is 168 cm³/mol. The van der Waals surface area contributed by atoms with Crippen molar-refractivity contribution in [2.75, 3.05) is 11.9 Å². The van der Waals surface area contributed by atoms with Crippen LogP contribution in [0.25, 0.3) is 11.1 Å². The number of aliphatic imine (C=N–C) groups is 1. The van der Waals surface area contributed by atoms with Crippen LogP contribution in [0.2, 0.25) is 0 Å². The quantitative estimate of drug-likeness (QED) is 0.371. The lowest BCUT2D eigenvalue weighted by molar-refractivity contribution is 0.323. The molecule has 1 N–H and O–H groups in total. The van der Waals surface area contributed by atoms with Gasteiger partial charge in [-0.25, -0.2) is 0 Å². The first-order valence-corrected chi connectivity index (χ1v) is 15.2. The third-order valence-electron chi connectivity index (χ3n) is 9.57. The van der Waals surface area contributed by atoms with Crippen LogP contribution in [0.1, 0.15) is 92.2 Å². The van der Waals surface area contributed by atoms with Gasteiger partial charge in [-0.2, -0.15) is 0 Å². The number of pyridine rings is 1. The zero-order valence-corrected chi connectivity index (χ0v) is 24.9. The number of nitrogens with zero attached hydrogens (tertiary/aromatic N) is 2. The first-order chi connectivity index (χ1) is 19.2. The van der Waals surface area contributed by atoms with Gasteiger partial charge < -0.3 is 10.1 Å². The fourth-order valence-corrected chi connectivity index (χ4v) is 7.16. The summed E-state index contributed by atoms with van der Waals surface area (Å²) < 4.78 is 5.83. The van der Waals surface area contributed by atoms with E-state index in [1.54, 1.807) is 5.57 Å². The Hall–Kier alpha value is -3.32. The Morgan fingerprint density at radius 2 is 1.95 bits per heavy atom. The van der Waals surface area contributed by atoms with E-state index in [0.29, 0.717) is 12.0 Å². The molecule has 1 aromatic carbocycles. The molecule has 0 amide bonds. The summed E-state index contributed by atoms with van der Waals surface area (Å²) in [5, 5.41) is 3.75. The van der Waals surface area contributed by atoms with Gasteiger partial charge in [-0.1, -0.05) is 37.3 Å². The summed E-state index contributed by atoms with van der Waals surface area (Å²) in [4.78, 5) is 9.30. The van der Waals surface area contributed by atoms with E-state index in [-0.39, 0.29) is 6.97 Å². The van der Waals surface area contributed by atoms with Crippen LogP contribution in [0.5, 0.6) is 5.75 Å². The topological polar surface area (TPSA) is 46.5 Å². The van der Waals surface area contributed by atoms with Gasteiger partial charge in [-0.3, -0.25) is 9.98 Å². The molecule has 0 saturated heterocycles. The average molecular weight is 536 g/mol. The molecule has 2 unspecified atom stereocenters. The smallest absolute Gasteiger partial charge is 0.123 e. The summed E-state index contributed by atoms with van der Waals surface area (Å²) in [5.41, 5.74) is 12.5. The minimum atomic E-state index is 0. The maximum Gasteiger partial charge on any atom is 0.123 e. The second kappa shape index (κ2) is 10.6. The van der Waals surface area contributed by atoms with Crippen LogP contribution in [-0.2, 0) is 12.8 Å². The van der Waals surface area contributed by atoms with E-state index in [4.69, 9.17) is 9.72 Å². The van der Waals surface area contributed by atoms with E-state index < -0.39 is 0 Å². The fourth-order valence-electron chi connectivity index (χ4n) is 7.16. The van der Waals surface area contributed by atoms with Gasteiger partial charge in [0.1, 0.15) is 5.75 Å². The Morgan fingerprint density at radius 3 is 2.83 bits per heavy atom. The van der Waals surface area contributed by atoms with Gasteiger partial charge in [0.2, 0.25) is 0 Å². The normalized spacial score (nSPS) is 25.8. The molecule has 2 saturated carbocycles. The van der Waals surface area contributed by atoms with Gasteiger partial charge in [-0.15, -0.1) is 0 Å². The first kappa shape index (κ1) is 26.9. The number of anilines is 1. The lowest BCUT2D eigenvalue weighted by atomic mass is 9.68. The summed E-state index contributed by atoms with van der Waals surface area (Å²) in [6.07, 6.45) is 14.1. The van der Waals surface area contributed by atoms with Crippen molar-refractivity contribution in [2.45, 2.75) is 97.9 Å². The molecule has 4 heterocycles. The van der Waals surface area contributed by atoms with Crippen LogP contribution < -0.4 is 10.1 Å². The van der Waals surface area contributed by atoms with Gasteiger partial charge in [0.25, 0.3) is 0 Å². The van der Waals surface area contributed by atoms with Crippen molar-refractivity contribution in [3.8, 4) is 28.7 Å². The van der Waals surface area contributed by atoms with Crippen LogP contribution >= 0.6 is 0 Å². The second-order valence-corrected chi connectivity index (χ2v) is 13.1. The van der Waals surface area contributed by atoms with Crippen molar-refractivity contribution in [3.05, 3.63) is 64.1 Å². The highest BCUT2D eigenvalue weighted by Gasteiger charge is 2.51. The van der Waals surface area contributed by atoms with Crippen molar-refractivity contribution in [3.63, 3.8) is 0 Å². The third kappa shape index (κ3) is 5.36. The number of fused-ring (bicyclic) bond motifs is 4. The Balaban J connectivity index is 0.000000182. The lowest BCUT2D eigenvalue weighted by Crippen LogP contribution is -2.22. The van der Waals surface area contributed by atoms with Crippen molar-refractivity contribution >= 4 is 11.9 Å². The standard InChI is InChI=1S/C22H22N2O.C14H21N.H2/c1-22-13-18(22)7-8-19-20(24-22)12-17(14-23-19)15-6-9-21-16(11-15)5-3-2-4-10-25-21;1-10-7-9-15-11(2)12-6-5-8-14(3,4)13(10)12;/h6,9,11-12,14,18,24H,4-5,7-8,10,13H2,1H3;9H,5-8H2,1-4H3;1H. The number of ether oxygens (including phenoxy) is 1. The van der Waals surface area contributed by atoms with Gasteiger partial charge >= 0.3 is 0 Å². The molecule has 0 spiro atoms. The van der Waals surface area contributed by atoms with E-state index in [0.717, 1.165) is 42.9 Å². The SMILES string of the molecule is CC12CC1CCc1ncc(-c3ccc4c(c3)CC#CCCO4)cc1N2.CC1=C2C(=C(C)N=CC1)CCCC2(C)C.[HH]. The van der Waals surface area contributed by atoms with Gasteiger partial charge in [0.15, 0.2) is 0 Å². The van der Waals surface area contributed by atoms with E-state index in [1.807, 2.05) is 6.20 Å². The van der Waals surface area contributed by atoms with Crippen molar-refractivity contribution in [2.24, 2.45) is 16.3 Å². The Morgan fingerprint density at radius 1 is 1.07 bits per heavy atom. The Kier molecular flexibility index (Phi) is 7.11. The van der Waals surface area contributed by atoms with Crippen LogP contribution in [-0.4, -0.2) is 23.3 Å². The number of aromatic nitrogens is 1. The monoisotopic (exact) mass is 535 g/mol. The van der Waals surface area contributed by atoms with E-state index in [1.165, 1.54) is 71.5 Å². The molecule has 7 rings (SSSR count). The Labute approximate surface area is 241 Å². The van der Waals surface area contributed by atoms with Crippen LogP contribution in [0.4, 0.5) is 5.69 Å². The summed E-state index contributed by atoms with van der Waals surface area (Å²) in [7, 11) is 0. The predicted octanol–water partition coefficient (Wildman–Crippen LogP) is 8.72. The third-order valence-corrected chi connectivity index (χ3v) is 9.57. The van der Waals surface area contributed by atoms with Gasteiger partial charge in [-0.05, 0) is 106 Å². The number of aryl methyl sites for hydroxylation is 1. The highest BCUT2D eigenvalue weighted by Crippen LogP contribution is 2.51. The van der Waals surface area contributed by atoms with Crippen molar-refractivity contribution in [1.82, 2.24) is 4.98 Å². The van der Waals surface area contributed by atoms with Crippen LogP contribution in [0, 0.1) is 23.2 Å². The molecule has 2 atom stereocenters. The highest BCUT2D eigenvalue weighted by molar-refractivity contribution is 5.71. The Bertz CT molecular complexity index is 1490. The molecule has 4 nitrogen and oxygen atoms in total. The molecule has 0 bridgehead atoms. The molecule has 2 fully saturated rings. The van der Waals surface area contributed by atoms with E-state index >= 15 is 0 Å². The van der Waals surface area contributed by atoms with E-state index in [2.05, 4.69) is 87.2 Å². The molecule has 0 radical (unpaired) electrons. The summed E-state index contributed by atoms with van der Waals surface area (Å²) >= 11 is 0. The number of nitrogens with one attached hydrogen (secondary N) is 1. The molecule has 2 aliphatic carbocycles. The minimum Gasteiger partial charge on any atom is -0.492 e. The van der Waals surface area contributed by atoms with Crippen LogP contribution in [0.3, 0.4) is 0 Å². The molecular weight excluding hydrogens is 490 g/mol. The molecule has 5 aliphatic rings.